The second-order valence-corrected chi connectivity index (χ2v) is 5.33. The standard InChI is InChI=1S/C15H24N2O3/c1-11(2)10-18-5-3-4-17-13-9-15-14(8-12(13)16)19-6-7-20-15/h8-9,11,17H,3-7,10,16H2,1-2H3. The van der Waals surface area contributed by atoms with Gasteiger partial charge in [-0.05, 0) is 12.3 Å². The van der Waals surface area contributed by atoms with E-state index >= 15 is 0 Å². The lowest BCUT2D eigenvalue weighted by Crippen LogP contribution is -2.16. The van der Waals surface area contributed by atoms with Crippen LogP contribution in [0, 0.1) is 5.92 Å². The van der Waals surface area contributed by atoms with Crippen molar-refractivity contribution in [2.75, 3.05) is 44.0 Å². The molecule has 0 atom stereocenters. The number of fused-ring (bicyclic) bond motifs is 1. The van der Waals surface area contributed by atoms with Gasteiger partial charge in [-0.1, -0.05) is 13.8 Å². The zero-order valence-corrected chi connectivity index (χ0v) is 12.3. The number of benzene rings is 1. The molecule has 0 unspecified atom stereocenters. The number of rotatable bonds is 7. The monoisotopic (exact) mass is 280 g/mol. The average Bonchev–Trinajstić information content (AvgIpc) is 2.42. The molecule has 1 aromatic carbocycles. The topological polar surface area (TPSA) is 65.7 Å². The number of anilines is 2. The van der Waals surface area contributed by atoms with Crippen LogP contribution in [0.15, 0.2) is 12.1 Å². The summed E-state index contributed by atoms with van der Waals surface area (Å²) in [7, 11) is 0. The Morgan fingerprint density at radius 3 is 2.65 bits per heavy atom. The largest absolute Gasteiger partial charge is 0.486 e. The maximum Gasteiger partial charge on any atom is 0.163 e. The number of nitrogen functional groups attached to an aromatic ring is 1. The highest BCUT2D eigenvalue weighted by Gasteiger charge is 2.14. The normalized spacial score (nSPS) is 13.6. The number of hydrogen-bond acceptors (Lipinski definition) is 5. The molecule has 1 aromatic rings. The fourth-order valence-electron chi connectivity index (χ4n) is 1.97. The van der Waals surface area contributed by atoms with Crippen LogP contribution in [0.3, 0.4) is 0 Å². The smallest absolute Gasteiger partial charge is 0.163 e. The SMILES string of the molecule is CC(C)COCCCNc1cc2c(cc1N)OCCO2. The van der Waals surface area contributed by atoms with E-state index in [9.17, 15) is 0 Å². The van der Waals surface area contributed by atoms with Crippen molar-refractivity contribution in [1.29, 1.82) is 0 Å². The average molecular weight is 280 g/mol. The van der Waals surface area contributed by atoms with Crippen molar-refractivity contribution in [2.45, 2.75) is 20.3 Å². The van der Waals surface area contributed by atoms with Crippen LogP contribution < -0.4 is 20.5 Å². The number of ether oxygens (including phenoxy) is 3. The van der Waals surface area contributed by atoms with E-state index in [1.54, 1.807) is 0 Å². The molecule has 0 bridgehead atoms. The van der Waals surface area contributed by atoms with Crippen molar-refractivity contribution in [3.63, 3.8) is 0 Å². The third kappa shape index (κ3) is 4.20. The van der Waals surface area contributed by atoms with Crippen LogP contribution in [0.1, 0.15) is 20.3 Å². The van der Waals surface area contributed by atoms with Crippen molar-refractivity contribution >= 4 is 11.4 Å². The summed E-state index contributed by atoms with van der Waals surface area (Å²) in [6.45, 7) is 7.85. The molecule has 112 valence electrons. The quantitative estimate of drug-likeness (QED) is 0.593. The first-order valence-electron chi connectivity index (χ1n) is 7.17. The molecular weight excluding hydrogens is 256 g/mol. The molecule has 20 heavy (non-hydrogen) atoms. The van der Waals surface area contributed by atoms with E-state index in [0.29, 0.717) is 24.8 Å². The van der Waals surface area contributed by atoms with Gasteiger partial charge in [0.15, 0.2) is 11.5 Å². The molecule has 0 radical (unpaired) electrons. The van der Waals surface area contributed by atoms with Crippen molar-refractivity contribution in [1.82, 2.24) is 0 Å². The van der Waals surface area contributed by atoms with Crippen molar-refractivity contribution in [3.05, 3.63) is 12.1 Å². The summed E-state index contributed by atoms with van der Waals surface area (Å²) in [4.78, 5) is 0. The fraction of sp³-hybridized carbons (Fsp3) is 0.600. The van der Waals surface area contributed by atoms with E-state index in [1.165, 1.54) is 0 Å². The Labute approximate surface area is 120 Å². The van der Waals surface area contributed by atoms with Gasteiger partial charge in [0.25, 0.3) is 0 Å². The Kier molecular flexibility index (Phi) is 5.35. The number of nitrogens with two attached hydrogens (primary N) is 1. The molecule has 2 rings (SSSR count). The predicted molar refractivity (Wildman–Crippen MR) is 80.6 cm³/mol. The molecule has 0 spiro atoms. The third-order valence-electron chi connectivity index (χ3n) is 2.95. The van der Waals surface area contributed by atoms with Crippen molar-refractivity contribution in [3.8, 4) is 11.5 Å². The molecule has 1 heterocycles. The lowest BCUT2D eigenvalue weighted by molar-refractivity contribution is 0.110. The van der Waals surface area contributed by atoms with E-state index in [-0.39, 0.29) is 0 Å². The summed E-state index contributed by atoms with van der Waals surface area (Å²) in [5.74, 6) is 2.06. The van der Waals surface area contributed by atoms with Gasteiger partial charge in [-0.15, -0.1) is 0 Å². The van der Waals surface area contributed by atoms with E-state index in [4.69, 9.17) is 19.9 Å². The summed E-state index contributed by atoms with van der Waals surface area (Å²) >= 11 is 0. The van der Waals surface area contributed by atoms with Gasteiger partial charge in [0.2, 0.25) is 0 Å². The number of hydrogen-bond donors (Lipinski definition) is 2. The minimum absolute atomic E-state index is 0.576. The Morgan fingerprint density at radius 1 is 1.25 bits per heavy atom. The van der Waals surface area contributed by atoms with Crippen LogP contribution >= 0.6 is 0 Å². The second-order valence-electron chi connectivity index (χ2n) is 5.33. The van der Waals surface area contributed by atoms with Crippen LogP contribution in [0.4, 0.5) is 11.4 Å². The van der Waals surface area contributed by atoms with Gasteiger partial charge in [-0.3, -0.25) is 0 Å². The van der Waals surface area contributed by atoms with E-state index < -0.39 is 0 Å². The Hall–Kier alpha value is -1.62. The van der Waals surface area contributed by atoms with Gasteiger partial charge in [0.1, 0.15) is 13.2 Å². The summed E-state index contributed by atoms with van der Waals surface area (Å²) in [6.07, 6.45) is 0.945. The molecule has 0 amide bonds. The molecular formula is C15H24N2O3. The Morgan fingerprint density at radius 2 is 1.95 bits per heavy atom. The van der Waals surface area contributed by atoms with Gasteiger partial charge in [0.05, 0.1) is 11.4 Å². The van der Waals surface area contributed by atoms with E-state index in [0.717, 1.165) is 43.4 Å². The zero-order chi connectivity index (χ0) is 14.4. The summed E-state index contributed by atoms with van der Waals surface area (Å²) in [5, 5.41) is 3.31. The Balaban J connectivity index is 1.78. The second kappa shape index (κ2) is 7.24. The summed E-state index contributed by atoms with van der Waals surface area (Å²) in [6, 6.07) is 3.71. The molecule has 0 aromatic heterocycles. The molecule has 1 aliphatic heterocycles. The lowest BCUT2D eigenvalue weighted by Gasteiger charge is -2.20. The molecule has 0 fully saturated rings. The van der Waals surface area contributed by atoms with Gasteiger partial charge in [-0.2, -0.15) is 0 Å². The molecule has 0 saturated carbocycles. The van der Waals surface area contributed by atoms with E-state index in [2.05, 4.69) is 19.2 Å². The highest BCUT2D eigenvalue weighted by Crippen LogP contribution is 2.36. The predicted octanol–water partition coefficient (Wildman–Crippen LogP) is 2.51. The number of nitrogens with one attached hydrogen (secondary N) is 1. The lowest BCUT2D eigenvalue weighted by atomic mass is 10.2. The maximum atomic E-state index is 6.00. The molecule has 0 saturated heterocycles. The van der Waals surface area contributed by atoms with Gasteiger partial charge >= 0.3 is 0 Å². The van der Waals surface area contributed by atoms with Crippen LogP contribution in [0.2, 0.25) is 0 Å². The maximum absolute atomic E-state index is 6.00. The first-order valence-corrected chi connectivity index (χ1v) is 7.17. The minimum atomic E-state index is 0.576. The first kappa shape index (κ1) is 14.8. The summed E-state index contributed by atoms with van der Waals surface area (Å²) in [5.41, 5.74) is 7.56. The van der Waals surface area contributed by atoms with E-state index in [1.807, 2.05) is 12.1 Å². The highest BCUT2D eigenvalue weighted by atomic mass is 16.6. The molecule has 5 heteroatoms. The molecule has 0 aliphatic carbocycles. The molecule has 5 nitrogen and oxygen atoms in total. The van der Waals surface area contributed by atoms with Crippen LogP contribution in [-0.2, 0) is 4.74 Å². The highest BCUT2D eigenvalue weighted by molar-refractivity contribution is 5.72. The Bertz CT molecular complexity index is 435. The van der Waals surface area contributed by atoms with Gasteiger partial charge in [-0.25, -0.2) is 0 Å². The van der Waals surface area contributed by atoms with Crippen molar-refractivity contribution in [2.24, 2.45) is 5.92 Å². The van der Waals surface area contributed by atoms with Crippen LogP contribution in [-0.4, -0.2) is 33.0 Å². The third-order valence-corrected chi connectivity index (χ3v) is 2.95. The van der Waals surface area contributed by atoms with Crippen LogP contribution in [0.25, 0.3) is 0 Å². The molecule has 1 aliphatic rings. The minimum Gasteiger partial charge on any atom is -0.486 e. The zero-order valence-electron chi connectivity index (χ0n) is 12.3. The van der Waals surface area contributed by atoms with Gasteiger partial charge in [0, 0.05) is 31.9 Å². The van der Waals surface area contributed by atoms with Crippen molar-refractivity contribution < 1.29 is 14.2 Å². The van der Waals surface area contributed by atoms with Gasteiger partial charge < -0.3 is 25.3 Å². The first-order chi connectivity index (χ1) is 9.66. The van der Waals surface area contributed by atoms with Crippen LogP contribution in [0.5, 0.6) is 11.5 Å². The fourth-order valence-corrected chi connectivity index (χ4v) is 1.97. The molecule has 3 N–H and O–H groups in total. The summed E-state index contributed by atoms with van der Waals surface area (Å²) < 4.78 is 16.6.